The van der Waals surface area contributed by atoms with E-state index in [0.717, 1.165) is 6.42 Å². The molecule has 0 heterocycles. The molecular formula is C14H19F3IN3. The van der Waals surface area contributed by atoms with Gasteiger partial charge in [0.05, 0.1) is 6.42 Å². The summed E-state index contributed by atoms with van der Waals surface area (Å²) in [5.74, 6) is 0.843. The van der Waals surface area contributed by atoms with Crippen molar-refractivity contribution in [1.29, 1.82) is 0 Å². The maximum absolute atomic E-state index is 12.1. The smallest absolute Gasteiger partial charge is 0.356 e. The molecule has 2 rings (SSSR count). The van der Waals surface area contributed by atoms with E-state index in [9.17, 15) is 13.2 Å². The van der Waals surface area contributed by atoms with Crippen molar-refractivity contribution in [3.8, 4) is 0 Å². The maximum atomic E-state index is 12.1. The van der Waals surface area contributed by atoms with Gasteiger partial charge in [-0.15, -0.1) is 24.0 Å². The monoisotopic (exact) mass is 413 g/mol. The van der Waals surface area contributed by atoms with Gasteiger partial charge in [-0.3, -0.25) is 4.99 Å². The first kappa shape index (κ1) is 18.1. The van der Waals surface area contributed by atoms with Gasteiger partial charge in [0, 0.05) is 25.6 Å². The molecule has 0 spiro atoms. The summed E-state index contributed by atoms with van der Waals surface area (Å²) in [7, 11) is 1.56. The van der Waals surface area contributed by atoms with E-state index < -0.39 is 12.6 Å². The van der Waals surface area contributed by atoms with E-state index in [1.54, 1.807) is 7.05 Å². The summed E-state index contributed by atoms with van der Waals surface area (Å²) in [4.78, 5) is 3.94. The molecule has 2 atom stereocenters. The molecule has 1 aromatic carbocycles. The Morgan fingerprint density at radius 2 is 1.95 bits per heavy atom. The zero-order chi connectivity index (χ0) is 14.6. The van der Waals surface area contributed by atoms with Crippen molar-refractivity contribution in [2.45, 2.75) is 31.0 Å². The van der Waals surface area contributed by atoms with Crippen LogP contribution in [0.2, 0.25) is 0 Å². The van der Waals surface area contributed by atoms with Gasteiger partial charge in [-0.2, -0.15) is 13.2 Å². The minimum absolute atomic E-state index is 0. The number of benzene rings is 1. The van der Waals surface area contributed by atoms with Crippen LogP contribution >= 0.6 is 24.0 Å². The highest BCUT2D eigenvalue weighted by molar-refractivity contribution is 14.0. The highest BCUT2D eigenvalue weighted by atomic mass is 127. The molecule has 0 aliphatic heterocycles. The predicted molar refractivity (Wildman–Crippen MR) is 88.2 cm³/mol. The number of nitrogens with one attached hydrogen (secondary N) is 2. The average molecular weight is 413 g/mol. The number of guanidine groups is 1. The van der Waals surface area contributed by atoms with Gasteiger partial charge < -0.3 is 10.6 Å². The zero-order valence-electron chi connectivity index (χ0n) is 11.7. The lowest BCUT2D eigenvalue weighted by atomic mass is 10.1. The summed E-state index contributed by atoms with van der Waals surface area (Å²) in [6, 6.07) is 10.3. The van der Waals surface area contributed by atoms with Gasteiger partial charge in [0.15, 0.2) is 5.96 Å². The molecule has 21 heavy (non-hydrogen) atoms. The molecule has 1 saturated carbocycles. The largest absolute Gasteiger partial charge is 0.390 e. The molecule has 0 bridgehead atoms. The van der Waals surface area contributed by atoms with E-state index in [4.69, 9.17) is 0 Å². The molecular weight excluding hydrogens is 394 g/mol. The molecule has 2 N–H and O–H groups in total. The fourth-order valence-electron chi connectivity index (χ4n) is 2.12. The number of nitrogens with zero attached hydrogens (tertiary/aromatic N) is 1. The van der Waals surface area contributed by atoms with Crippen LogP contribution in [0.1, 0.15) is 24.3 Å². The fraction of sp³-hybridized carbons (Fsp3) is 0.500. The molecule has 0 amide bonds. The highest BCUT2D eigenvalue weighted by Crippen LogP contribution is 2.40. The molecule has 1 aliphatic carbocycles. The average Bonchev–Trinajstić information content (AvgIpc) is 3.16. The number of aliphatic imine (C=N–C) groups is 1. The van der Waals surface area contributed by atoms with Crippen LogP contribution in [0.3, 0.4) is 0 Å². The zero-order valence-corrected chi connectivity index (χ0v) is 14.0. The molecule has 0 radical (unpaired) electrons. The van der Waals surface area contributed by atoms with Crippen LogP contribution < -0.4 is 10.6 Å². The van der Waals surface area contributed by atoms with Crippen LogP contribution in [-0.4, -0.2) is 31.8 Å². The van der Waals surface area contributed by atoms with E-state index >= 15 is 0 Å². The first-order valence-electron chi connectivity index (χ1n) is 6.58. The lowest BCUT2D eigenvalue weighted by molar-refractivity contribution is -0.132. The Morgan fingerprint density at radius 3 is 2.52 bits per heavy atom. The third-order valence-corrected chi connectivity index (χ3v) is 3.26. The van der Waals surface area contributed by atoms with Crippen molar-refractivity contribution >= 4 is 29.9 Å². The number of hydrogen-bond donors (Lipinski definition) is 2. The molecule has 118 valence electrons. The molecule has 0 saturated heterocycles. The van der Waals surface area contributed by atoms with Gasteiger partial charge in [0.25, 0.3) is 0 Å². The number of halogens is 4. The highest BCUT2D eigenvalue weighted by Gasteiger charge is 2.38. The Morgan fingerprint density at radius 1 is 1.29 bits per heavy atom. The SMILES string of the molecule is CN=C(NCCC(F)(F)F)NC1CC1c1ccccc1.I. The van der Waals surface area contributed by atoms with Crippen molar-refractivity contribution < 1.29 is 13.2 Å². The van der Waals surface area contributed by atoms with Crippen LogP contribution in [0.5, 0.6) is 0 Å². The van der Waals surface area contributed by atoms with E-state index in [-0.39, 0.29) is 36.6 Å². The van der Waals surface area contributed by atoms with Crippen LogP contribution in [0.4, 0.5) is 13.2 Å². The van der Waals surface area contributed by atoms with E-state index in [0.29, 0.717) is 11.9 Å². The van der Waals surface area contributed by atoms with Crippen LogP contribution in [-0.2, 0) is 0 Å². The van der Waals surface area contributed by atoms with Crippen molar-refractivity contribution in [2.24, 2.45) is 4.99 Å². The Kier molecular flexibility index (Phi) is 6.76. The van der Waals surface area contributed by atoms with Crippen LogP contribution in [0.25, 0.3) is 0 Å². The van der Waals surface area contributed by atoms with Gasteiger partial charge in [-0.05, 0) is 12.0 Å². The summed E-state index contributed by atoms with van der Waals surface area (Å²) in [6.07, 6.45) is -4.03. The van der Waals surface area contributed by atoms with Gasteiger partial charge in [-0.25, -0.2) is 0 Å². The van der Waals surface area contributed by atoms with Crippen LogP contribution in [0, 0.1) is 0 Å². The Balaban J connectivity index is 0.00000220. The van der Waals surface area contributed by atoms with Crippen molar-refractivity contribution in [3.05, 3.63) is 35.9 Å². The molecule has 7 heteroatoms. The van der Waals surface area contributed by atoms with Gasteiger partial charge in [0.1, 0.15) is 0 Å². The Hall–Kier alpha value is -0.990. The van der Waals surface area contributed by atoms with E-state index in [1.165, 1.54) is 5.56 Å². The molecule has 1 aliphatic rings. The van der Waals surface area contributed by atoms with Gasteiger partial charge in [0.2, 0.25) is 0 Å². The van der Waals surface area contributed by atoms with Crippen molar-refractivity contribution in [1.82, 2.24) is 10.6 Å². The van der Waals surface area contributed by atoms with Gasteiger partial charge in [-0.1, -0.05) is 30.3 Å². The van der Waals surface area contributed by atoms with Crippen molar-refractivity contribution in [3.63, 3.8) is 0 Å². The lowest BCUT2D eigenvalue weighted by Crippen LogP contribution is -2.40. The second-order valence-corrected chi connectivity index (χ2v) is 4.87. The minimum Gasteiger partial charge on any atom is -0.356 e. The second kappa shape index (κ2) is 7.86. The summed E-state index contributed by atoms with van der Waals surface area (Å²) in [6.45, 7) is -0.161. The molecule has 2 unspecified atom stereocenters. The summed E-state index contributed by atoms with van der Waals surface area (Å²) in [5.41, 5.74) is 1.25. The summed E-state index contributed by atoms with van der Waals surface area (Å²) in [5, 5.41) is 5.84. The third-order valence-electron chi connectivity index (χ3n) is 3.26. The normalized spacial score (nSPS) is 21.4. The number of rotatable bonds is 4. The second-order valence-electron chi connectivity index (χ2n) is 4.87. The Bertz CT molecular complexity index is 462. The third kappa shape index (κ3) is 6.11. The van der Waals surface area contributed by atoms with Gasteiger partial charge >= 0.3 is 6.18 Å². The van der Waals surface area contributed by atoms with E-state index in [2.05, 4.69) is 27.8 Å². The summed E-state index contributed by atoms with van der Waals surface area (Å²) < 4.78 is 36.2. The molecule has 1 aromatic rings. The minimum atomic E-state index is -4.14. The quantitative estimate of drug-likeness (QED) is 0.452. The maximum Gasteiger partial charge on any atom is 0.390 e. The molecule has 0 aromatic heterocycles. The van der Waals surface area contributed by atoms with E-state index in [1.807, 2.05) is 18.2 Å². The molecule has 1 fully saturated rings. The standard InChI is InChI=1S/C14H18F3N3.HI/c1-18-13(19-8-7-14(15,16)17)20-12-9-11(12)10-5-3-2-4-6-10;/h2-6,11-12H,7-9H2,1H3,(H2,18,19,20);1H. The topological polar surface area (TPSA) is 36.4 Å². The number of hydrogen-bond acceptors (Lipinski definition) is 1. The van der Waals surface area contributed by atoms with Crippen LogP contribution in [0.15, 0.2) is 35.3 Å². The predicted octanol–water partition coefficient (Wildman–Crippen LogP) is 3.28. The number of alkyl halides is 3. The first-order valence-corrected chi connectivity index (χ1v) is 6.58. The Labute approximate surface area is 139 Å². The fourth-order valence-corrected chi connectivity index (χ4v) is 2.12. The lowest BCUT2D eigenvalue weighted by Gasteiger charge is -2.12. The summed E-state index contributed by atoms with van der Waals surface area (Å²) >= 11 is 0. The van der Waals surface area contributed by atoms with Crippen molar-refractivity contribution in [2.75, 3.05) is 13.6 Å². The molecule has 3 nitrogen and oxygen atoms in total. The first-order chi connectivity index (χ1) is 9.49.